The third-order valence-electron chi connectivity index (χ3n) is 1.60. The Morgan fingerprint density at radius 3 is 1.73 bits per heavy atom. The molecule has 0 aliphatic carbocycles. The molecule has 0 bridgehead atoms. The third kappa shape index (κ3) is 3.64. The van der Waals surface area contributed by atoms with Crippen LogP contribution in [-0.2, 0) is 0 Å². The van der Waals surface area contributed by atoms with Crippen LogP contribution >= 0.6 is 12.4 Å². The Morgan fingerprint density at radius 1 is 1.00 bits per heavy atom. The lowest BCUT2D eigenvalue weighted by Crippen LogP contribution is -2.28. The molecule has 0 heterocycles. The molecule has 0 saturated heterocycles. The molecule has 15 heavy (non-hydrogen) atoms. The van der Waals surface area contributed by atoms with Crippen LogP contribution in [-0.4, -0.2) is 6.18 Å². The van der Waals surface area contributed by atoms with Gasteiger partial charge in [-0.25, -0.2) is 8.78 Å². The van der Waals surface area contributed by atoms with Crippen molar-refractivity contribution in [1.29, 1.82) is 0 Å². The summed E-state index contributed by atoms with van der Waals surface area (Å²) < 4.78 is 61.1. The first-order chi connectivity index (χ1) is 6.30. The minimum atomic E-state index is -4.71. The summed E-state index contributed by atoms with van der Waals surface area (Å²) in [6, 6.07) is -0.776. The lowest BCUT2D eigenvalue weighted by atomic mass is 10.1. The Labute approximate surface area is 88.5 Å². The molecule has 1 aromatic rings. The molecule has 1 atom stereocenters. The van der Waals surface area contributed by atoms with Crippen molar-refractivity contribution < 1.29 is 22.0 Å². The van der Waals surface area contributed by atoms with E-state index >= 15 is 0 Å². The topological polar surface area (TPSA) is 26.0 Å². The molecule has 2 N–H and O–H groups in total. The molecule has 7 heteroatoms. The van der Waals surface area contributed by atoms with Crippen molar-refractivity contribution in [2.24, 2.45) is 5.73 Å². The van der Waals surface area contributed by atoms with E-state index in [1.165, 1.54) is 0 Å². The van der Waals surface area contributed by atoms with Gasteiger partial charge in [0.2, 0.25) is 0 Å². The van der Waals surface area contributed by atoms with Gasteiger partial charge in [-0.3, -0.25) is 0 Å². The summed E-state index contributed by atoms with van der Waals surface area (Å²) in [4.78, 5) is 0. The van der Waals surface area contributed by atoms with Crippen LogP contribution in [0.5, 0.6) is 0 Å². The van der Waals surface area contributed by atoms with E-state index in [2.05, 4.69) is 0 Å². The van der Waals surface area contributed by atoms with Crippen LogP contribution in [0.3, 0.4) is 0 Å². The van der Waals surface area contributed by atoms with Crippen LogP contribution in [0.4, 0.5) is 22.0 Å². The van der Waals surface area contributed by atoms with Gasteiger partial charge in [0.1, 0.15) is 17.7 Å². The van der Waals surface area contributed by atoms with Crippen LogP contribution in [0.15, 0.2) is 18.2 Å². The monoisotopic (exact) mass is 247 g/mol. The predicted octanol–water partition coefficient (Wildman–Crippen LogP) is 2.95. The minimum absolute atomic E-state index is 0. The lowest BCUT2D eigenvalue weighted by Gasteiger charge is -2.15. The second-order valence-electron chi connectivity index (χ2n) is 2.72. The maximum Gasteiger partial charge on any atom is 0.407 e. The zero-order valence-electron chi connectivity index (χ0n) is 7.18. The van der Waals surface area contributed by atoms with Crippen LogP contribution in [0.2, 0.25) is 0 Å². The zero-order valence-corrected chi connectivity index (χ0v) is 8.00. The highest BCUT2D eigenvalue weighted by Gasteiger charge is 2.38. The van der Waals surface area contributed by atoms with E-state index < -0.39 is 29.4 Å². The summed E-state index contributed by atoms with van der Waals surface area (Å²) >= 11 is 0. The van der Waals surface area contributed by atoms with E-state index in [0.717, 1.165) is 0 Å². The number of halogens is 6. The fourth-order valence-electron chi connectivity index (χ4n) is 0.944. The Balaban J connectivity index is 0.00000196. The normalized spacial score (nSPS) is 13.2. The van der Waals surface area contributed by atoms with Gasteiger partial charge in [0.25, 0.3) is 0 Å². The quantitative estimate of drug-likeness (QED) is 0.759. The molecule has 0 aliphatic heterocycles. The van der Waals surface area contributed by atoms with Gasteiger partial charge >= 0.3 is 6.18 Å². The largest absolute Gasteiger partial charge is 0.407 e. The second kappa shape index (κ2) is 4.76. The van der Waals surface area contributed by atoms with E-state index in [4.69, 9.17) is 5.73 Å². The molecular formula is C8H7ClF5N. The smallest absolute Gasteiger partial charge is 0.316 e. The summed E-state index contributed by atoms with van der Waals surface area (Å²) in [5.41, 5.74) is 4.12. The number of hydrogen-bond acceptors (Lipinski definition) is 1. The van der Waals surface area contributed by atoms with Crippen molar-refractivity contribution >= 4 is 12.4 Å². The Morgan fingerprint density at radius 2 is 1.40 bits per heavy atom. The van der Waals surface area contributed by atoms with Crippen molar-refractivity contribution in [1.82, 2.24) is 0 Å². The molecule has 0 radical (unpaired) electrons. The minimum Gasteiger partial charge on any atom is -0.316 e. The Bertz CT molecular complexity index is 318. The van der Waals surface area contributed by atoms with Crippen molar-refractivity contribution in [3.63, 3.8) is 0 Å². The molecule has 0 saturated carbocycles. The van der Waals surface area contributed by atoms with Crippen LogP contribution < -0.4 is 5.73 Å². The first kappa shape index (κ1) is 14.1. The van der Waals surface area contributed by atoms with Gasteiger partial charge in [0.15, 0.2) is 0 Å². The molecular weight excluding hydrogens is 241 g/mol. The van der Waals surface area contributed by atoms with Crippen molar-refractivity contribution in [2.45, 2.75) is 12.2 Å². The SMILES string of the molecule is Cl.N[C@H](c1cc(F)cc(F)c1)C(F)(F)F. The maximum absolute atomic E-state index is 12.5. The van der Waals surface area contributed by atoms with Gasteiger partial charge in [0, 0.05) is 6.07 Å². The van der Waals surface area contributed by atoms with E-state index in [1.807, 2.05) is 0 Å². The first-order valence-corrected chi connectivity index (χ1v) is 3.59. The molecule has 1 aromatic carbocycles. The summed E-state index contributed by atoms with van der Waals surface area (Å²) in [6.45, 7) is 0. The summed E-state index contributed by atoms with van der Waals surface area (Å²) in [6.07, 6.45) is -4.71. The van der Waals surface area contributed by atoms with Crippen LogP contribution in [0, 0.1) is 11.6 Å². The van der Waals surface area contributed by atoms with Crippen LogP contribution in [0.25, 0.3) is 0 Å². The first-order valence-electron chi connectivity index (χ1n) is 3.59. The Hall–Kier alpha value is -0.880. The fourth-order valence-corrected chi connectivity index (χ4v) is 0.944. The maximum atomic E-state index is 12.5. The van der Waals surface area contributed by atoms with Gasteiger partial charge in [-0.1, -0.05) is 0 Å². The molecule has 1 nitrogen and oxygen atoms in total. The molecule has 0 spiro atoms. The molecule has 1 rings (SSSR count). The summed E-state index contributed by atoms with van der Waals surface area (Å²) in [5, 5.41) is 0. The van der Waals surface area contributed by atoms with Gasteiger partial charge in [-0.2, -0.15) is 13.2 Å². The fraction of sp³-hybridized carbons (Fsp3) is 0.250. The number of nitrogens with two attached hydrogens (primary N) is 1. The van der Waals surface area contributed by atoms with Crippen molar-refractivity contribution in [3.05, 3.63) is 35.4 Å². The van der Waals surface area contributed by atoms with Gasteiger partial charge in [-0.15, -0.1) is 12.4 Å². The molecule has 0 aromatic heterocycles. The molecule has 0 aliphatic rings. The highest BCUT2D eigenvalue weighted by Crippen LogP contribution is 2.30. The molecule has 0 fully saturated rings. The average Bonchev–Trinajstić information content (AvgIpc) is 1.99. The highest BCUT2D eigenvalue weighted by molar-refractivity contribution is 5.85. The van der Waals surface area contributed by atoms with E-state index in [-0.39, 0.29) is 12.4 Å². The van der Waals surface area contributed by atoms with Crippen molar-refractivity contribution in [3.8, 4) is 0 Å². The van der Waals surface area contributed by atoms with E-state index in [9.17, 15) is 22.0 Å². The standard InChI is InChI=1S/C8H6F5N.ClH/c9-5-1-4(2-6(10)3-5)7(14)8(11,12)13;/h1-3,7H,14H2;1H/t7-;/m1./s1. The average molecular weight is 248 g/mol. The zero-order chi connectivity index (χ0) is 10.9. The molecule has 0 amide bonds. The number of hydrogen-bond donors (Lipinski definition) is 1. The molecule has 0 unspecified atom stereocenters. The number of rotatable bonds is 1. The Kier molecular flexibility index (Phi) is 4.48. The van der Waals surface area contributed by atoms with Crippen LogP contribution in [0.1, 0.15) is 11.6 Å². The van der Waals surface area contributed by atoms with Gasteiger partial charge in [0.05, 0.1) is 0 Å². The van der Waals surface area contributed by atoms with Gasteiger partial charge in [-0.05, 0) is 17.7 Å². The lowest BCUT2D eigenvalue weighted by molar-refractivity contribution is -0.149. The predicted molar refractivity (Wildman–Crippen MR) is 46.6 cm³/mol. The number of alkyl halides is 3. The second-order valence-corrected chi connectivity index (χ2v) is 2.72. The van der Waals surface area contributed by atoms with E-state index in [1.54, 1.807) is 0 Å². The van der Waals surface area contributed by atoms with Crippen molar-refractivity contribution in [2.75, 3.05) is 0 Å². The summed E-state index contributed by atoms with van der Waals surface area (Å²) in [7, 11) is 0. The number of benzene rings is 1. The van der Waals surface area contributed by atoms with E-state index in [0.29, 0.717) is 18.2 Å². The third-order valence-corrected chi connectivity index (χ3v) is 1.60. The highest BCUT2D eigenvalue weighted by atomic mass is 35.5. The van der Waals surface area contributed by atoms with Gasteiger partial charge < -0.3 is 5.73 Å². The summed E-state index contributed by atoms with van der Waals surface area (Å²) in [5.74, 6) is -2.17. The molecule has 86 valence electrons.